The van der Waals surface area contributed by atoms with E-state index in [1.165, 1.54) is 12.8 Å². The second-order valence-corrected chi connectivity index (χ2v) is 8.52. The number of ether oxygens (including phenoxy) is 2. The smallest absolute Gasteiger partial charge is 0.250 e. The Labute approximate surface area is 181 Å². The highest BCUT2D eigenvalue weighted by Gasteiger charge is 2.40. The summed E-state index contributed by atoms with van der Waals surface area (Å²) in [5.41, 5.74) is 2.81. The molecule has 0 aromatic carbocycles. The average Bonchev–Trinajstić information content (AvgIpc) is 3.70. The molecule has 3 heterocycles. The van der Waals surface area contributed by atoms with E-state index >= 15 is 0 Å². The Kier molecular flexibility index (Phi) is 5.18. The number of rotatable bonds is 8. The number of hydrogen-bond acceptors (Lipinski definition) is 6. The van der Waals surface area contributed by atoms with Crippen LogP contribution in [0, 0.1) is 18.8 Å². The van der Waals surface area contributed by atoms with Crippen molar-refractivity contribution in [2.24, 2.45) is 11.8 Å². The van der Waals surface area contributed by atoms with E-state index in [1.54, 1.807) is 30.1 Å². The average molecular weight is 418 g/mol. The van der Waals surface area contributed by atoms with E-state index in [1.807, 2.05) is 31.3 Å². The molecule has 2 aliphatic rings. The molecule has 5 rings (SSSR count). The number of hydrogen-bond donors (Lipinski definition) is 0. The van der Waals surface area contributed by atoms with Crippen LogP contribution in [-0.4, -0.2) is 33.2 Å². The Morgan fingerprint density at radius 3 is 2.74 bits per heavy atom. The highest BCUT2D eigenvalue weighted by Crippen LogP contribution is 2.47. The van der Waals surface area contributed by atoms with E-state index in [4.69, 9.17) is 9.47 Å². The quantitative estimate of drug-likeness (QED) is 0.556. The zero-order chi connectivity index (χ0) is 21.4. The molecule has 160 valence electrons. The van der Waals surface area contributed by atoms with Crippen LogP contribution in [0.15, 0.2) is 47.7 Å². The summed E-state index contributed by atoms with van der Waals surface area (Å²) >= 11 is 0. The van der Waals surface area contributed by atoms with Crippen molar-refractivity contribution in [1.82, 2.24) is 19.5 Å². The largest absolute Gasteiger partial charge is 0.495 e. The summed E-state index contributed by atoms with van der Waals surface area (Å²) in [6.45, 7) is 3.20. The van der Waals surface area contributed by atoms with Crippen LogP contribution in [0.25, 0.3) is 11.1 Å². The Morgan fingerprint density at radius 1 is 1.13 bits per heavy atom. The summed E-state index contributed by atoms with van der Waals surface area (Å²) in [5, 5.41) is 0. The predicted octanol–water partition coefficient (Wildman–Crippen LogP) is 3.61. The standard InChI is InChI=1S/C24H26N4O3/c1-15-25-11-21(17-5-8-23(29)28(13-17)12-16-3-4-16)24(27-15)31-14-18-9-20(18)22-7-6-19(30-2)10-26-22/h5-8,10-11,13,16,18,20H,3-4,9,12,14H2,1-2H3/t18-,20+/m1/s1. The Morgan fingerprint density at radius 2 is 2.00 bits per heavy atom. The molecular weight excluding hydrogens is 392 g/mol. The van der Waals surface area contributed by atoms with Crippen molar-refractivity contribution >= 4 is 0 Å². The molecule has 0 unspecified atom stereocenters. The van der Waals surface area contributed by atoms with Crippen molar-refractivity contribution in [2.45, 2.75) is 38.6 Å². The molecule has 0 spiro atoms. The van der Waals surface area contributed by atoms with Crippen LogP contribution in [0.1, 0.15) is 36.7 Å². The molecule has 0 aliphatic heterocycles. The van der Waals surface area contributed by atoms with E-state index in [0.29, 0.717) is 36.1 Å². The van der Waals surface area contributed by atoms with Crippen LogP contribution in [0.5, 0.6) is 11.6 Å². The summed E-state index contributed by atoms with van der Waals surface area (Å²) in [7, 11) is 1.64. The number of aryl methyl sites for hydroxylation is 1. The monoisotopic (exact) mass is 418 g/mol. The Bertz CT molecular complexity index is 1140. The lowest BCUT2D eigenvalue weighted by Gasteiger charge is -2.12. The predicted molar refractivity (Wildman–Crippen MR) is 116 cm³/mol. The van der Waals surface area contributed by atoms with Crippen LogP contribution in [0.4, 0.5) is 0 Å². The third-order valence-electron chi connectivity index (χ3n) is 6.05. The van der Waals surface area contributed by atoms with Gasteiger partial charge in [-0.3, -0.25) is 9.78 Å². The van der Waals surface area contributed by atoms with Crippen molar-refractivity contribution in [3.8, 4) is 22.8 Å². The first-order valence-electron chi connectivity index (χ1n) is 10.8. The minimum absolute atomic E-state index is 0.0268. The van der Waals surface area contributed by atoms with E-state index < -0.39 is 0 Å². The van der Waals surface area contributed by atoms with Gasteiger partial charge in [-0.05, 0) is 50.3 Å². The first-order chi connectivity index (χ1) is 15.1. The van der Waals surface area contributed by atoms with Gasteiger partial charge in [0.15, 0.2) is 0 Å². The molecule has 0 bridgehead atoms. The molecular formula is C24H26N4O3. The highest BCUT2D eigenvalue weighted by atomic mass is 16.5. The van der Waals surface area contributed by atoms with Crippen molar-refractivity contribution < 1.29 is 9.47 Å². The van der Waals surface area contributed by atoms with Gasteiger partial charge in [-0.2, -0.15) is 4.98 Å². The fourth-order valence-corrected chi connectivity index (χ4v) is 3.88. The van der Waals surface area contributed by atoms with E-state index in [-0.39, 0.29) is 5.56 Å². The molecule has 0 radical (unpaired) electrons. The van der Waals surface area contributed by atoms with Crippen LogP contribution >= 0.6 is 0 Å². The molecule has 2 aliphatic carbocycles. The van der Waals surface area contributed by atoms with Crippen LogP contribution in [-0.2, 0) is 6.54 Å². The second kappa shape index (κ2) is 8.13. The van der Waals surface area contributed by atoms with Gasteiger partial charge in [0.2, 0.25) is 5.88 Å². The van der Waals surface area contributed by atoms with Crippen molar-refractivity contribution in [3.05, 3.63) is 64.7 Å². The Balaban J connectivity index is 1.31. The molecule has 2 fully saturated rings. The van der Waals surface area contributed by atoms with Gasteiger partial charge in [-0.25, -0.2) is 4.98 Å². The maximum Gasteiger partial charge on any atom is 0.250 e. The van der Waals surface area contributed by atoms with Gasteiger partial charge in [-0.15, -0.1) is 0 Å². The molecule has 3 aromatic rings. The van der Waals surface area contributed by atoms with E-state index in [9.17, 15) is 4.79 Å². The molecule has 2 atom stereocenters. The maximum absolute atomic E-state index is 12.2. The molecule has 7 nitrogen and oxygen atoms in total. The summed E-state index contributed by atoms with van der Waals surface area (Å²) in [5.74, 6) is 3.43. The fourth-order valence-electron chi connectivity index (χ4n) is 3.88. The zero-order valence-corrected chi connectivity index (χ0v) is 17.8. The fraction of sp³-hybridized carbons (Fsp3) is 0.417. The molecule has 7 heteroatoms. The number of pyridine rings is 2. The van der Waals surface area contributed by atoms with Gasteiger partial charge in [0.05, 0.1) is 25.5 Å². The summed E-state index contributed by atoms with van der Waals surface area (Å²) in [4.78, 5) is 25.6. The SMILES string of the molecule is COc1ccc([C@H]2C[C@@H]2COc2nc(C)ncc2-c2ccc(=O)n(CC3CC3)c2)nc1. The zero-order valence-electron chi connectivity index (χ0n) is 17.8. The lowest BCUT2D eigenvalue weighted by molar-refractivity contribution is 0.285. The lowest BCUT2D eigenvalue weighted by Crippen LogP contribution is -2.19. The van der Waals surface area contributed by atoms with E-state index in [2.05, 4.69) is 15.0 Å². The molecule has 0 N–H and O–H groups in total. The van der Waals surface area contributed by atoms with Crippen LogP contribution in [0.3, 0.4) is 0 Å². The first-order valence-corrected chi connectivity index (χ1v) is 10.8. The minimum Gasteiger partial charge on any atom is -0.495 e. The van der Waals surface area contributed by atoms with Crippen molar-refractivity contribution in [1.29, 1.82) is 0 Å². The molecule has 0 amide bonds. The van der Waals surface area contributed by atoms with Gasteiger partial charge >= 0.3 is 0 Å². The summed E-state index contributed by atoms with van der Waals surface area (Å²) in [6, 6.07) is 7.41. The number of nitrogens with zero attached hydrogens (tertiary/aromatic N) is 4. The molecule has 0 saturated heterocycles. The topological polar surface area (TPSA) is 79.1 Å². The van der Waals surface area contributed by atoms with Crippen LogP contribution in [0.2, 0.25) is 0 Å². The number of aromatic nitrogens is 4. The number of methoxy groups -OCH3 is 1. The third kappa shape index (κ3) is 4.45. The second-order valence-electron chi connectivity index (χ2n) is 8.52. The lowest BCUT2D eigenvalue weighted by atomic mass is 10.1. The van der Waals surface area contributed by atoms with E-state index in [0.717, 1.165) is 35.5 Å². The summed E-state index contributed by atoms with van der Waals surface area (Å²) in [6.07, 6.45) is 8.89. The maximum atomic E-state index is 12.2. The molecule has 3 aromatic heterocycles. The van der Waals surface area contributed by atoms with Gasteiger partial charge < -0.3 is 14.0 Å². The van der Waals surface area contributed by atoms with Crippen molar-refractivity contribution in [3.63, 3.8) is 0 Å². The van der Waals surface area contributed by atoms with Crippen LogP contribution < -0.4 is 15.0 Å². The third-order valence-corrected chi connectivity index (χ3v) is 6.05. The first kappa shape index (κ1) is 19.7. The van der Waals surface area contributed by atoms with Gasteiger partial charge in [0.1, 0.15) is 11.6 Å². The van der Waals surface area contributed by atoms with Gasteiger partial charge in [-0.1, -0.05) is 0 Å². The van der Waals surface area contributed by atoms with Gasteiger partial charge in [0.25, 0.3) is 5.56 Å². The Hall–Kier alpha value is -3.22. The molecule has 2 saturated carbocycles. The molecule has 31 heavy (non-hydrogen) atoms. The normalized spacial score (nSPS) is 19.8. The highest BCUT2D eigenvalue weighted by molar-refractivity contribution is 5.66. The minimum atomic E-state index is 0.0268. The van der Waals surface area contributed by atoms with Crippen molar-refractivity contribution in [2.75, 3.05) is 13.7 Å². The van der Waals surface area contributed by atoms with Gasteiger partial charge in [0, 0.05) is 48.1 Å². The summed E-state index contributed by atoms with van der Waals surface area (Å²) < 4.78 is 13.1.